The largest absolute Gasteiger partial charge is 0.490 e. The zero-order valence-corrected chi connectivity index (χ0v) is 10.1. The Morgan fingerprint density at radius 3 is 3.06 bits per heavy atom. The molecule has 2 atom stereocenters. The molecule has 3 nitrogen and oxygen atoms in total. The minimum Gasteiger partial charge on any atom is -0.490 e. The van der Waals surface area contributed by atoms with Crippen LogP contribution in [0.5, 0.6) is 5.75 Å². The molecule has 0 fully saturated rings. The predicted octanol–water partition coefficient (Wildman–Crippen LogP) is 2.90. The molecule has 0 aliphatic carbocycles. The number of carbonyl (C=O) groups is 1. The fraction of sp³-hybridized carbons (Fsp3) is 0.357. The second-order valence-electron chi connectivity index (χ2n) is 4.65. The van der Waals surface area contributed by atoms with Crippen molar-refractivity contribution in [1.29, 1.82) is 0 Å². The highest BCUT2D eigenvalue weighted by Gasteiger charge is 2.46. The van der Waals surface area contributed by atoms with Crippen molar-refractivity contribution in [2.75, 3.05) is 0 Å². The van der Waals surface area contributed by atoms with E-state index in [0.29, 0.717) is 24.2 Å². The van der Waals surface area contributed by atoms with Crippen LogP contribution in [0, 0.1) is 5.82 Å². The van der Waals surface area contributed by atoms with Gasteiger partial charge >= 0.3 is 5.97 Å². The summed E-state index contributed by atoms with van der Waals surface area (Å²) < 4.78 is 18.7. The highest BCUT2D eigenvalue weighted by molar-refractivity contribution is 5.83. The number of benzene rings is 1. The van der Waals surface area contributed by atoms with E-state index < -0.39 is 17.2 Å². The highest BCUT2D eigenvalue weighted by Crippen LogP contribution is 2.44. The molecule has 1 N–H and O–H groups in total. The molecule has 1 aromatic carbocycles. The number of ether oxygens (including phenoxy) is 1. The molecule has 1 aliphatic heterocycles. The summed E-state index contributed by atoms with van der Waals surface area (Å²) in [5, 5.41) is 9.56. The average Bonchev–Trinajstić information content (AvgIpc) is 2.27. The summed E-state index contributed by atoms with van der Waals surface area (Å²) in [6.07, 6.45) is 1.97. The van der Waals surface area contributed by atoms with Crippen molar-refractivity contribution in [3.63, 3.8) is 0 Å². The first-order valence-corrected chi connectivity index (χ1v) is 5.80. The van der Waals surface area contributed by atoms with Crippen molar-refractivity contribution in [1.82, 2.24) is 0 Å². The van der Waals surface area contributed by atoms with Crippen LogP contribution in [-0.2, 0) is 10.2 Å². The molecule has 0 saturated heterocycles. The van der Waals surface area contributed by atoms with Gasteiger partial charge in [-0.05, 0) is 19.4 Å². The van der Waals surface area contributed by atoms with Gasteiger partial charge in [0, 0.05) is 18.1 Å². The third-order valence-electron chi connectivity index (χ3n) is 3.33. The maximum atomic E-state index is 13.2. The van der Waals surface area contributed by atoms with Gasteiger partial charge in [0.15, 0.2) is 0 Å². The Morgan fingerprint density at radius 1 is 1.72 bits per heavy atom. The summed E-state index contributed by atoms with van der Waals surface area (Å²) in [5.74, 6) is -1.04. The van der Waals surface area contributed by atoms with Gasteiger partial charge in [0.25, 0.3) is 0 Å². The average molecular weight is 250 g/mol. The smallest absolute Gasteiger partial charge is 0.314 e. The molecule has 0 spiro atoms. The molecule has 0 saturated carbocycles. The van der Waals surface area contributed by atoms with Crippen LogP contribution in [0.15, 0.2) is 30.9 Å². The number of rotatable bonds is 3. The molecule has 2 unspecified atom stereocenters. The molecule has 4 heteroatoms. The first kappa shape index (κ1) is 12.6. The van der Waals surface area contributed by atoms with Crippen LogP contribution < -0.4 is 4.74 Å². The lowest BCUT2D eigenvalue weighted by atomic mass is 9.72. The molecule has 0 bridgehead atoms. The molecular formula is C14H15FO3. The Kier molecular flexibility index (Phi) is 3.11. The summed E-state index contributed by atoms with van der Waals surface area (Å²) in [6, 6.07) is 4.00. The van der Waals surface area contributed by atoms with Gasteiger partial charge in [0.05, 0.1) is 6.10 Å². The summed E-state index contributed by atoms with van der Waals surface area (Å²) in [4.78, 5) is 11.7. The lowest BCUT2D eigenvalue weighted by molar-refractivity contribution is -0.145. The second kappa shape index (κ2) is 4.44. The van der Waals surface area contributed by atoms with Crippen LogP contribution in [0.25, 0.3) is 0 Å². The van der Waals surface area contributed by atoms with Gasteiger partial charge in [-0.2, -0.15) is 0 Å². The van der Waals surface area contributed by atoms with Crippen LogP contribution in [0.2, 0.25) is 0 Å². The normalized spacial score (nSPS) is 26.0. The van der Waals surface area contributed by atoms with Gasteiger partial charge in [-0.3, -0.25) is 4.79 Å². The van der Waals surface area contributed by atoms with E-state index in [4.69, 9.17) is 4.74 Å². The number of hydrogen-bond donors (Lipinski definition) is 1. The van der Waals surface area contributed by atoms with Crippen molar-refractivity contribution in [2.45, 2.75) is 31.3 Å². The van der Waals surface area contributed by atoms with Crippen LogP contribution in [-0.4, -0.2) is 17.2 Å². The third-order valence-corrected chi connectivity index (χ3v) is 3.33. The van der Waals surface area contributed by atoms with Crippen LogP contribution in [0.4, 0.5) is 4.39 Å². The molecule has 0 amide bonds. The number of fused-ring (bicyclic) bond motifs is 1. The van der Waals surface area contributed by atoms with Gasteiger partial charge in [0.2, 0.25) is 0 Å². The fourth-order valence-electron chi connectivity index (χ4n) is 2.58. The fourth-order valence-corrected chi connectivity index (χ4v) is 2.58. The first-order chi connectivity index (χ1) is 8.49. The van der Waals surface area contributed by atoms with Crippen LogP contribution >= 0.6 is 0 Å². The Morgan fingerprint density at radius 2 is 2.44 bits per heavy atom. The SMILES string of the molecule is C=CCC1(C(=O)O)CC(C)Oc2cc(F)ccc21. The van der Waals surface area contributed by atoms with Crippen molar-refractivity contribution in [3.8, 4) is 5.75 Å². The molecule has 1 aromatic rings. The molecule has 1 heterocycles. The van der Waals surface area contributed by atoms with E-state index in [1.165, 1.54) is 18.2 Å². The molecule has 1 aliphatic rings. The zero-order chi connectivity index (χ0) is 13.3. The molecule has 2 rings (SSSR count). The van der Waals surface area contributed by atoms with Crippen molar-refractivity contribution in [3.05, 3.63) is 42.2 Å². The number of aliphatic carboxylic acids is 1. The van der Waals surface area contributed by atoms with E-state index in [1.807, 2.05) is 0 Å². The maximum absolute atomic E-state index is 13.2. The summed E-state index contributed by atoms with van der Waals surface area (Å²) >= 11 is 0. The Bertz CT molecular complexity index is 498. The number of allylic oxidation sites excluding steroid dienone is 1. The van der Waals surface area contributed by atoms with Crippen molar-refractivity contribution >= 4 is 5.97 Å². The standard InChI is InChI=1S/C14H15FO3/c1-3-6-14(13(16)17)8-9(2)18-12-7-10(15)4-5-11(12)14/h3-5,7,9H,1,6,8H2,2H3,(H,16,17). The zero-order valence-electron chi connectivity index (χ0n) is 10.1. The molecule has 0 radical (unpaired) electrons. The van der Waals surface area contributed by atoms with Gasteiger partial charge in [0.1, 0.15) is 17.0 Å². The Hall–Kier alpha value is -1.84. The molecule has 0 aromatic heterocycles. The van der Waals surface area contributed by atoms with Crippen molar-refractivity contribution in [2.24, 2.45) is 0 Å². The van der Waals surface area contributed by atoms with E-state index in [0.717, 1.165) is 0 Å². The topological polar surface area (TPSA) is 46.5 Å². The number of halogens is 1. The van der Waals surface area contributed by atoms with E-state index in [-0.39, 0.29) is 6.10 Å². The van der Waals surface area contributed by atoms with Crippen LogP contribution in [0.1, 0.15) is 25.3 Å². The summed E-state index contributed by atoms with van der Waals surface area (Å²) in [6.45, 7) is 5.41. The minimum atomic E-state index is -1.07. The predicted molar refractivity (Wildman–Crippen MR) is 65.2 cm³/mol. The summed E-state index contributed by atoms with van der Waals surface area (Å²) in [7, 11) is 0. The lowest BCUT2D eigenvalue weighted by Crippen LogP contribution is -2.43. The van der Waals surface area contributed by atoms with Gasteiger partial charge in [-0.1, -0.05) is 12.1 Å². The molecule has 96 valence electrons. The van der Waals surface area contributed by atoms with E-state index in [9.17, 15) is 14.3 Å². The Balaban J connectivity index is 2.62. The van der Waals surface area contributed by atoms with E-state index in [1.54, 1.807) is 13.0 Å². The quantitative estimate of drug-likeness (QED) is 0.839. The lowest BCUT2D eigenvalue weighted by Gasteiger charge is -2.37. The monoisotopic (exact) mass is 250 g/mol. The van der Waals surface area contributed by atoms with Gasteiger partial charge < -0.3 is 9.84 Å². The van der Waals surface area contributed by atoms with Gasteiger partial charge in [-0.25, -0.2) is 4.39 Å². The molecule has 18 heavy (non-hydrogen) atoms. The van der Waals surface area contributed by atoms with E-state index >= 15 is 0 Å². The number of carboxylic acid groups (broad SMARTS) is 1. The minimum absolute atomic E-state index is 0.268. The maximum Gasteiger partial charge on any atom is 0.314 e. The number of hydrogen-bond acceptors (Lipinski definition) is 2. The Labute approximate surface area is 105 Å². The highest BCUT2D eigenvalue weighted by atomic mass is 19.1. The number of carboxylic acids is 1. The van der Waals surface area contributed by atoms with Crippen LogP contribution in [0.3, 0.4) is 0 Å². The van der Waals surface area contributed by atoms with E-state index in [2.05, 4.69) is 6.58 Å². The molecular weight excluding hydrogens is 235 g/mol. The summed E-state index contributed by atoms with van der Waals surface area (Å²) in [5.41, 5.74) is -0.544. The van der Waals surface area contributed by atoms with Gasteiger partial charge in [-0.15, -0.1) is 6.58 Å². The second-order valence-corrected chi connectivity index (χ2v) is 4.65. The third kappa shape index (κ3) is 1.88. The first-order valence-electron chi connectivity index (χ1n) is 5.80. The van der Waals surface area contributed by atoms with Crippen molar-refractivity contribution < 1.29 is 19.0 Å².